The predicted octanol–water partition coefficient (Wildman–Crippen LogP) is 3.48. The van der Waals surface area contributed by atoms with Crippen molar-refractivity contribution in [3.05, 3.63) is 65.7 Å². The van der Waals surface area contributed by atoms with E-state index in [0.717, 1.165) is 15.4 Å². The van der Waals surface area contributed by atoms with Crippen LogP contribution in [0.25, 0.3) is 0 Å². The minimum atomic E-state index is -4.10. The van der Waals surface area contributed by atoms with Gasteiger partial charge in [-0.05, 0) is 35.6 Å². The SMILES string of the molecule is CCOC(=O)[C@@H]1C(=O)N(S(=O)(=O)c2ccc(C(C)(C)C)cc2)C[C@H]1c1ccccc1. The molecule has 3 rings (SSSR count). The van der Waals surface area contributed by atoms with E-state index in [1.54, 1.807) is 43.3 Å². The molecule has 160 valence electrons. The molecule has 1 fully saturated rings. The number of nitrogens with zero attached hydrogens (tertiary/aromatic N) is 1. The second-order valence-corrected chi connectivity index (χ2v) is 10.3. The van der Waals surface area contributed by atoms with Gasteiger partial charge in [0.25, 0.3) is 15.9 Å². The third-order valence-corrected chi connectivity index (χ3v) is 7.13. The zero-order chi connectivity index (χ0) is 22.1. The number of sulfonamides is 1. The van der Waals surface area contributed by atoms with Crippen molar-refractivity contribution in [3.8, 4) is 0 Å². The standard InChI is InChI=1S/C23H27NO5S/c1-5-29-22(26)20-19(16-9-7-6-8-10-16)15-24(21(20)25)30(27,28)18-13-11-17(12-14-18)23(2,3)4/h6-14,19-20H,5,15H2,1-4H3/t19-,20-/m0/s1. The normalized spacial score (nSPS) is 19.7. The van der Waals surface area contributed by atoms with Gasteiger partial charge < -0.3 is 4.74 Å². The quantitative estimate of drug-likeness (QED) is 0.537. The molecule has 2 atom stereocenters. The molecule has 0 spiro atoms. The van der Waals surface area contributed by atoms with Crippen LogP contribution in [0, 0.1) is 5.92 Å². The van der Waals surface area contributed by atoms with Crippen molar-refractivity contribution < 1.29 is 22.7 Å². The average molecular weight is 430 g/mol. The number of hydrogen-bond donors (Lipinski definition) is 0. The van der Waals surface area contributed by atoms with Gasteiger partial charge in [0.1, 0.15) is 5.92 Å². The smallest absolute Gasteiger partial charge is 0.319 e. The van der Waals surface area contributed by atoms with E-state index in [9.17, 15) is 18.0 Å². The molecule has 7 heteroatoms. The van der Waals surface area contributed by atoms with Gasteiger partial charge >= 0.3 is 5.97 Å². The van der Waals surface area contributed by atoms with Crippen LogP contribution in [0.15, 0.2) is 59.5 Å². The number of hydrogen-bond acceptors (Lipinski definition) is 5. The first-order chi connectivity index (χ1) is 14.1. The molecule has 2 aromatic rings. The highest BCUT2D eigenvalue weighted by Crippen LogP contribution is 2.37. The van der Waals surface area contributed by atoms with E-state index in [4.69, 9.17) is 4.74 Å². The lowest BCUT2D eigenvalue weighted by Gasteiger charge is -2.21. The molecule has 1 aliphatic rings. The molecule has 0 saturated carbocycles. The molecule has 0 bridgehead atoms. The lowest BCUT2D eigenvalue weighted by atomic mass is 9.87. The zero-order valence-electron chi connectivity index (χ0n) is 17.7. The van der Waals surface area contributed by atoms with Gasteiger partial charge in [-0.15, -0.1) is 0 Å². The summed E-state index contributed by atoms with van der Waals surface area (Å²) in [7, 11) is -4.10. The summed E-state index contributed by atoms with van der Waals surface area (Å²) in [5.74, 6) is -3.23. The molecule has 1 heterocycles. The first-order valence-corrected chi connectivity index (χ1v) is 11.4. The van der Waals surface area contributed by atoms with Crippen LogP contribution in [0.4, 0.5) is 0 Å². The highest BCUT2D eigenvalue weighted by molar-refractivity contribution is 7.89. The van der Waals surface area contributed by atoms with Crippen LogP contribution in [-0.2, 0) is 29.8 Å². The van der Waals surface area contributed by atoms with Crippen molar-refractivity contribution in [3.63, 3.8) is 0 Å². The number of ether oxygens (including phenoxy) is 1. The lowest BCUT2D eigenvalue weighted by Crippen LogP contribution is -2.36. The molecule has 30 heavy (non-hydrogen) atoms. The van der Waals surface area contributed by atoms with Crippen molar-refractivity contribution in [1.29, 1.82) is 0 Å². The monoisotopic (exact) mass is 429 g/mol. The van der Waals surface area contributed by atoms with Crippen molar-refractivity contribution in [2.45, 2.75) is 43.9 Å². The molecule has 0 N–H and O–H groups in total. The summed E-state index contributed by atoms with van der Waals surface area (Å²) >= 11 is 0. The second kappa shape index (κ2) is 8.22. The van der Waals surface area contributed by atoms with Gasteiger partial charge in [-0.1, -0.05) is 63.2 Å². The maximum Gasteiger partial charge on any atom is 0.319 e. The molecule has 0 aromatic heterocycles. The number of amides is 1. The molecular weight excluding hydrogens is 402 g/mol. The van der Waals surface area contributed by atoms with Gasteiger partial charge in [0.2, 0.25) is 0 Å². The third kappa shape index (κ3) is 4.12. The Kier molecular flexibility index (Phi) is 6.04. The highest BCUT2D eigenvalue weighted by atomic mass is 32.2. The van der Waals surface area contributed by atoms with Crippen LogP contribution in [0.5, 0.6) is 0 Å². The van der Waals surface area contributed by atoms with Crippen molar-refractivity contribution in [1.82, 2.24) is 4.31 Å². The lowest BCUT2D eigenvalue weighted by molar-refractivity contribution is -0.152. The Morgan fingerprint density at radius 2 is 1.67 bits per heavy atom. The van der Waals surface area contributed by atoms with Crippen molar-refractivity contribution in [2.75, 3.05) is 13.2 Å². The minimum Gasteiger partial charge on any atom is -0.465 e. The van der Waals surface area contributed by atoms with Crippen LogP contribution >= 0.6 is 0 Å². The molecular formula is C23H27NO5S. The molecule has 1 aliphatic heterocycles. The topological polar surface area (TPSA) is 80.8 Å². The Morgan fingerprint density at radius 3 is 2.20 bits per heavy atom. The van der Waals surface area contributed by atoms with Crippen molar-refractivity contribution in [2.24, 2.45) is 5.92 Å². The first-order valence-electron chi connectivity index (χ1n) is 9.96. The van der Waals surface area contributed by atoms with E-state index >= 15 is 0 Å². The second-order valence-electron chi connectivity index (χ2n) is 8.40. The van der Waals surface area contributed by atoms with Crippen molar-refractivity contribution >= 4 is 21.9 Å². The Labute approximate surface area is 177 Å². The fraction of sp³-hybridized carbons (Fsp3) is 0.391. The molecule has 0 aliphatic carbocycles. The fourth-order valence-corrected chi connectivity index (χ4v) is 5.11. The minimum absolute atomic E-state index is 0.0279. The van der Waals surface area contributed by atoms with Crippen LogP contribution in [0.3, 0.4) is 0 Å². The van der Waals surface area contributed by atoms with E-state index < -0.39 is 33.7 Å². The van der Waals surface area contributed by atoms with Gasteiger partial charge in [0, 0.05) is 12.5 Å². The van der Waals surface area contributed by atoms with Gasteiger partial charge in [0.15, 0.2) is 0 Å². The Hall–Kier alpha value is -2.67. The fourth-order valence-electron chi connectivity index (χ4n) is 3.67. The summed E-state index contributed by atoms with van der Waals surface area (Å²) in [6, 6.07) is 15.5. The summed E-state index contributed by atoms with van der Waals surface area (Å²) in [5.41, 5.74) is 1.59. The summed E-state index contributed by atoms with van der Waals surface area (Å²) in [5, 5.41) is 0. The van der Waals surface area contributed by atoms with E-state index in [1.165, 1.54) is 12.1 Å². The maximum atomic E-state index is 13.3. The number of carbonyl (C=O) groups excluding carboxylic acids is 2. The van der Waals surface area contributed by atoms with Gasteiger partial charge in [-0.3, -0.25) is 9.59 Å². The van der Waals surface area contributed by atoms with Crippen LogP contribution in [0.2, 0.25) is 0 Å². The molecule has 0 unspecified atom stereocenters. The van der Waals surface area contributed by atoms with Gasteiger partial charge in [-0.25, -0.2) is 12.7 Å². The summed E-state index contributed by atoms with van der Waals surface area (Å²) in [4.78, 5) is 25.7. The molecule has 0 radical (unpaired) electrons. The van der Waals surface area contributed by atoms with Crippen LogP contribution in [0.1, 0.15) is 44.7 Å². The molecule has 6 nitrogen and oxygen atoms in total. The summed E-state index contributed by atoms with van der Waals surface area (Å²) in [6.07, 6.45) is 0. The number of benzene rings is 2. The van der Waals surface area contributed by atoms with Gasteiger partial charge in [-0.2, -0.15) is 0 Å². The molecule has 2 aromatic carbocycles. The summed E-state index contributed by atoms with van der Waals surface area (Å²) < 4.78 is 32.4. The highest BCUT2D eigenvalue weighted by Gasteiger charge is 2.51. The first kappa shape index (κ1) is 22.0. The largest absolute Gasteiger partial charge is 0.465 e. The average Bonchev–Trinajstić information content (AvgIpc) is 3.06. The number of carbonyl (C=O) groups is 2. The Bertz CT molecular complexity index is 1020. The van der Waals surface area contributed by atoms with Crippen LogP contribution < -0.4 is 0 Å². The van der Waals surface area contributed by atoms with Crippen LogP contribution in [-0.4, -0.2) is 37.8 Å². The predicted molar refractivity (Wildman–Crippen MR) is 113 cm³/mol. The Balaban J connectivity index is 1.98. The van der Waals surface area contributed by atoms with E-state index in [0.29, 0.717) is 0 Å². The Morgan fingerprint density at radius 1 is 1.07 bits per heavy atom. The van der Waals surface area contributed by atoms with E-state index in [1.807, 2.05) is 26.8 Å². The van der Waals surface area contributed by atoms with E-state index in [2.05, 4.69) is 0 Å². The number of esters is 1. The number of rotatable bonds is 5. The van der Waals surface area contributed by atoms with Gasteiger partial charge in [0.05, 0.1) is 11.5 Å². The van der Waals surface area contributed by atoms with E-state index in [-0.39, 0.29) is 23.5 Å². The molecule has 1 amide bonds. The zero-order valence-corrected chi connectivity index (χ0v) is 18.5. The third-order valence-electron chi connectivity index (χ3n) is 5.35. The summed E-state index contributed by atoms with van der Waals surface area (Å²) in [6.45, 7) is 7.78. The molecule has 1 saturated heterocycles. The maximum absolute atomic E-state index is 13.3.